The molecule has 0 bridgehead atoms. The van der Waals surface area contributed by atoms with E-state index in [1.165, 1.54) is 17.8 Å². The smallest absolute Gasteiger partial charge is 0.368 e. The van der Waals surface area contributed by atoms with Crippen LogP contribution in [0.1, 0.15) is 15.9 Å². The van der Waals surface area contributed by atoms with Crippen molar-refractivity contribution in [2.45, 2.75) is 11.1 Å². The fourth-order valence-electron chi connectivity index (χ4n) is 1.93. The number of rotatable bonds is 6. The van der Waals surface area contributed by atoms with E-state index in [9.17, 15) is 18.0 Å². The Morgan fingerprint density at radius 3 is 2.60 bits per heavy atom. The number of hydrogen-bond acceptors (Lipinski definition) is 4. The molecule has 9 heteroatoms. The Bertz CT molecular complexity index is 738. The summed E-state index contributed by atoms with van der Waals surface area (Å²) in [5.41, 5.74) is -0.434. The third-order valence-electron chi connectivity index (χ3n) is 3.23. The van der Waals surface area contributed by atoms with Gasteiger partial charge in [-0.1, -0.05) is 11.6 Å². The number of carbonyl (C=O) groups is 1. The highest BCUT2D eigenvalue weighted by Gasteiger charge is 2.30. The number of alkyl halides is 3. The lowest BCUT2D eigenvalue weighted by Crippen LogP contribution is -2.29. The average Bonchev–Trinajstić information content (AvgIpc) is 2.58. The third-order valence-corrected chi connectivity index (χ3v) is 4.28. The van der Waals surface area contributed by atoms with Gasteiger partial charge in [-0.3, -0.25) is 4.79 Å². The first kappa shape index (κ1) is 19.4. The Hall–Kier alpha value is -1.93. The van der Waals surface area contributed by atoms with Crippen molar-refractivity contribution in [3.05, 3.63) is 52.7 Å². The van der Waals surface area contributed by atoms with Gasteiger partial charge in [-0.05, 0) is 36.6 Å². The maximum absolute atomic E-state index is 12.4. The fraction of sp³-hybridized carbons (Fsp3) is 0.250. The molecule has 0 aliphatic carbocycles. The van der Waals surface area contributed by atoms with Crippen molar-refractivity contribution >= 4 is 35.1 Å². The van der Waals surface area contributed by atoms with E-state index in [1.54, 1.807) is 12.1 Å². The standard InChI is InChI=1S/C16H15ClF3N3OS/c1-25-11-3-4-13(17)12(8-11)15(24)22-7-6-21-14-5-2-10(9-23-14)16(18,19)20/h2-5,8-9H,6-7H2,1H3,(H,21,23)(H,22,24). The summed E-state index contributed by atoms with van der Waals surface area (Å²) >= 11 is 7.52. The van der Waals surface area contributed by atoms with Crippen LogP contribution in [0.15, 0.2) is 41.4 Å². The van der Waals surface area contributed by atoms with Gasteiger partial charge in [0.15, 0.2) is 0 Å². The van der Waals surface area contributed by atoms with E-state index < -0.39 is 11.7 Å². The summed E-state index contributed by atoms with van der Waals surface area (Å²) < 4.78 is 37.3. The monoisotopic (exact) mass is 389 g/mol. The largest absolute Gasteiger partial charge is 0.417 e. The molecule has 0 saturated heterocycles. The van der Waals surface area contributed by atoms with E-state index in [0.717, 1.165) is 17.2 Å². The summed E-state index contributed by atoms with van der Waals surface area (Å²) in [5.74, 6) is -0.0206. The zero-order chi connectivity index (χ0) is 18.4. The first-order valence-electron chi connectivity index (χ1n) is 7.20. The number of halogens is 4. The van der Waals surface area contributed by atoms with Gasteiger partial charge in [0.2, 0.25) is 0 Å². The maximum atomic E-state index is 12.4. The number of pyridine rings is 1. The predicted molar refractivity (Wildman–Crippen MR) is 93.3 cm³/mol. The molecule has 0 aliphatic rings. The molecule has 1 aromatic carbocycles. The molecule has 0 fully saturated rings. The molecule has 1 aromatic heterocycles. The van der Waals surface area contributed by atoms with E-state index in [0.29, 0.717) is 22.9 Å². The van der Waals surface area contributed by atoms with Gasteiger partial charge in [0, 0.05) is 24.2 Å². The van der Waals surface area contributed by atoms with Crippen LogP contribution < -0.4 is 10.6 Å². The number of nitrogens with zero attached hydrogens (tertiary/aromatic N) is 1. The highest BCUT2D eigenvalue weighted by molar-refractivity contribution is 7.98. The van der Waals surface area contributed by atoms with Crippen LogP contribution in [0.4, 0.5) is 19.0 Å². The maximum Gasteiger partial charge on any atom is 0.417 e. The number of anilines is 1. The summed E-state index contributed by atoms with van der Waals surface area (Å²) in [6.07, 6.45) is -1.76. The zero-order valence-corrected chi connectivity index (χ0v) is 14.7. The Morgan fingerprint density at radius 1 is 1.24 bits per heavy atom. The Balaban J connectivity index is 1.84. The van der Waals surface area contributed by atoms with E-state index in [2.05, 4.69) is 15.6 Å². The number of amides is 1. The molecule has 0 atom stereocenters. The van der Waals surface area contributed by atoms with Gasteiger partial charge in [0.1, 0.15) is 5.82 Å². The van der Waals surface area contributed by atoms with Crippen LogP contribution in [0, 0.1) is 0 Å². The minimum Gasteiger partial charge on any atom is -0.368 e. The average molecular weight is 390 g/mol. The molecular formula is C16H15ClF3N3OS. The number of thioether (sulfide) groups is 1. The van der Waals surface area contributed by atoms with Crippen LogP contribution in [-0.4, -0.2) is 30.2 Å². The minimum atomic E-state index is -4.41. The molecule has 2 N–H and O–H groups in total. The molecule has 25 heavy (non-hydrogen) atoms. The highest BCUT2D eigenvalue weighted by Crippen LogP contribution is 2.28. The van der Waals surface area contributed by atoms with Crippen LogP contribution in [0.25, 0.3) is 0 Å². The van der Waals surface area contributed by atoms with E-state index in [-0.39, 0.29) is 12.5 Å². The van der Waals surface area contributed by atoms with Gasteiger partial charge in [-0.15, -0.1) is 11.8 Å². The Morgan fingerprint density at radius 2 is 2.00 bits per heavy atom. The van der Waals surface area contributed by atoms with Crippen molar-refractivity contribution in [2.75, 3.05) is 24.7 Å². The van der Waals surface area contributed by atoms with Gasteiger partial charge in [-0.25, -0.2) is 4.98 Å². The van der Waals surface area contributed by atoms with Crippen molar-refractivity contribution < 1.29 is 18.0 Å². The lowest BCUT2D eigenvalue weighted by Gasteiger charge is -2.10. The van der Waals surface area contributed by atoms with Crippen molar-refractivity contribution in [3.63, 3.8) is 0 Å². The summed E-state index contributed by atoms with van der Waals surface area (Å²) in [4.78, 5) is 16.7. The second-order valence-corrected chi connectivity index (χ2v) is 6.25. The molecule has 134 valence electrons. The number of benzene rings is 1. The van der Waals surface area contributed by atoms with Crippen molar-refractivity contribution in [3.8, 4) is 0 Å². The first-order valence-corrected chi connectivity index (χ1v) is 8.80. The molecule has 4 nitrogen and oxygen atoms in total. The second-order valence-electron chi connectivity index (χ2n) is 4.96. The SMILES string of the molecule is CSc1ccc(Cl)c(C(=O)NCCNc2ccc(C(F)(F)F)cn2)c1. The topological polar surface area (TPSA) is 54.0 Å². The molecule has 1 amide bonds. The molecular weight excluding hydrogens is 375 g/mol. The van der Waals surface area contributed by atoms with E-state index in [4.69, 9.17) is 11.6 Å². The van der Waals surface area contributed by atoms with E-state index in [1.807, 2.05) is 12.3 Å². The summed E-state index contributed by atoms with van der Waals surface area (Å²) in [5, 5.41) is 5.89. The lowest BCUT2D eigenvalue weighted by molar-refractivity contribution is -0.137. The number of hydrogen-bond donors (Lipinski definition) is 2. The first-order chi connectivity index (χ1) is 11.8. The quantitative estimate of drug-likeness (QED) is 0.570. The summed E-state index contributed by atoms with van der Waals surface area (Å²) in [6, 6.07) is 7.37. The van der Waals surface area contributed by atoms with Gasteiger partial charge in [0.25, 0.3) is 5.91 Å². The van der Waals surface area contributed by atoms with Gasteiger partial charge in [-0.2, -0.15) is 13.2 Å². The third kappa shape index (κ3) is 5.54. The molecule has 0 saturated carbocycles. The van der Waals surface area contributed by atoms with Crippen LogP contribution in [0.2, 0.25) is 5.02 Å². The Labute approximate surface area is 152 Å². The normalized spacial score (nSPS) is 11.2. The van der Waals surface area contributed by atoms with E-state index >= 15 is 0 Å². The van der Waals surface area contributed by atoms with Gasteiger partial charge >= 0.3 is 6.18 Å². The molecule has 0 spiro atoms. The molecule has 0 aliphatic heterocycles. The molecule has 2 rings (SSSR count). The van der Waals surface area contributed by atoms with Crippen LogP contribution >= 0.6 is 23.4 Å². The van der Waals surface area contributed by atoms with Gasteiger partial charge < -0.3 is 10.6 Å². The lowest BCUT2D eigenvalue weighted by atomic mass is 10.2. The van der Waals surface area contributed by atoms with Gasteiger partial charge in [0.05, 0.1) is 16.1 Å². The molecule has 1 heterocycles. The zero-order valence-electron chi connectivity index (χ0n) is 13.2. The van der Waals surface area contributed by atoms with Crippen molar-refractivity contribution in [1.29, 1.82) is 0 Å². The number of nitrogens with one attached hydrogen (secondary N) is 2. The van der Waals surface area contributed by atoms with Crippen LogP contribution in [-0.2, 0) is 6.18 Å². The Kier molecular flexibility index (Phi) is 6.55. The predicted octanol–water partition coefficient (Wildman–Crippen LogP) is 4.32. The van der Waals surface area contributed by atoms with Crippen molar-refractivity contribution in [1.82, 2.24) is 10.3 Å². The van der Waals surface area contributed by atoms with Crippen LogP contribution in [0.3, 0.4) is 0 Å². The second kappa shape index (κ2) is 8.44. The molecule has 0 radical (unpaired) electrons. The van der Waals surface area contributed by atoms with Crippen LogP contribution in [0.5, 0.6) is 0 Å². The summed E-state index contributed by atoms with van der Waals surface area (Å²) in [7, 11) is 0. The van der Waals surface area contributed by atoms with Crippen molar-refractivity contribution in [2.24, 2.45) is 0 Å². The number of aromatic nitrogens is 1. The summed E-state index contributed by atoms with van der Waals surface area (Å²) in [6.45, 7) is 0.575. The number of carbonyl (C=O) groups excluding carboxylic acids is 1. The molecule has 0 unspecified atom stereocenters. The molecule has 2 aromatic rings. The minimum absolute atomic E-state index is 0.265. The fourth-order valence-corrected chi connectivity index (χ4v) is 2.58. The highest BCUT2D eigenvalue weighted by atomic mass is 35.5.